The average molecular weight is 275 g/mol. The number of hydrogen-bond donors (Lipinski definition) is 1. The third-order valence-electron chi connectivity index (χ3n) is 5.60. The van der Waals surface area contributed by atoms with E-state index in [9.17, 15) is 0 Å². The van der Waals surface area contributed by atoms with E-state index in [0.717, 1.165) is 31.7 Å². The Labute approximate surface area is 119 Å². The molecule has 2 bridgehead atoms. The van der Waals surface area contributed by atoms with Gasteiger partial charge in [0.1, 0.15) is 12.5 Å². The minimum Gasteiger partial charge on any atom is -0.497 e. The van der Waals surface area contributed by atoms with Gasteiger partial charge >= 0.3 is 0 Å². The van der Waals surface area contributed by atoms with Crippen molar-refractivity contribution in [2.75, 3.05) is 27.1 Å². The highest BCUT2D eigenvalue weighted by atomic mass is 16.7. The zero-order chi connectivity index (χ0) is 13.8. The predicted octanol–water partition coefficient (Wildman–Crippen LogP) is 1.61. The van der Waals surface area contributed by atoms with Crippen LogP contribution in [0.15, 0.2) is 18.2 Å². The molecule has 1 aromatic rings. The van der Waals surface area contributed by atoms with Gasteiger partial charge in [-0.3, -0.25) is 0 Å². The van der Waals surface area contributed by atoms with E-state index in [2.05, 4.69) is 30.4 Å². The molecule has 2 aliphatic heterocycles. The second-order valence-electron chi connectivity index (χ2n) is 6.28. The third-order valence-corrected chi connectivity index (χ3v) is 5.60. The molecule has 3 aliphatic rings. The van der Waals surface area contributed by atoms with Crippen LogP contribution < -0.4 is 10.1 Å². The van der Waals surface area contributed by atoms with Crippen LogP contribution in [-0.2, 0) is 21.3 Å². The Bertz CT molecular complexity index is 543. The van der Waals surface area contributed by atoms with Crippen molar-refractivity contribution in [3.8, 4) is 5.75 Å². The van der Waals surface area contributed by atoms with Gasteiger partial charge in [-0.25, -0.2) is 0 Å². The first-order valence-corrected chi connectivity index (χ1v) is 7.32. The van der Waals surface area contributed by atoms with Crippen LogP contribution in [0.25, 0.3) is 0 Å². The minimum absolute atomic E-state index is 0.0523. The highest BCUT2D eigenvalue weighted by molar-refractivity contribution is 5.48. The Morgan fingerprint density at radius 1 is 1.40 bits per heavy atom. The molecule has 2 fully saturated rings. The molecule has 2 heterocycles. The molecule has 0 radical (unpaired) electrons. The third kappa shape index (κ3) is 1.42. The SMILES string of the molecule is COc1ccc2c(c1)[C@]13CCN[C@H](C2)[C@]1(C)OCOC3. The van der Waals surface area contributed by atoms with Crippen molar-refractivity contribution in [3.05, 3.63) is 29.3 Å². The molecule has 1 N–H and O–H groups in total. The maximum absolute atomic E-state index is 6.13. The normalized spacial score (nSPS) is 38.8. The molecule has 0 unspecified atom stereocenters. The van der Waals surface area contributed by atoms with E-state index in [0.29, 0.717) is 12.8 Å². The fraction of sp³-hybridized carbons (Fsp3) is 0.625. The van der Waals surface area contributed by atoms with Crippen LogP contribution in [0.5, 0.6) is 5.75 Å². The molecule has 1 aliphatic carbocycles. The number of nitrogens with one attached hydrogen (secondary N) is 1. The smallest absolute Gasteiger partial charge is 0.147 e. The van der Waals surface area contributed by atoms with Crippen molar-refractivity contribution in [1.29, 1.82) is 0 Å². The summed E-state index contributed by atoms with van der Waals surface area (Å²) in [6, 6.07) is 6.80. The van der Waals surface area contributed by atoms with Gasteiger partial charge in [-0.1, -0.05) is 6.07 Å². The molecule has 0 amide bonds. The highest BCUT2D eigenvalue weighted by Gasteiger charge is 2.61. The van der Waals surface area contributed by atoms with Gasteiger partial charge in [0.2, 0.25) is 0 Å². The lowest BCUT2D eigenvalue weighted by Crippen LogP contribution is -2.73. The van der Waals surface area contributed by atoms with E-state index in [1.165, 1.54) is 11.1 Å². The van der Waals surface area contributed by atoms with Crippen LogP contribution >= 0.6 is 0 Å². The highest BCUT2D eigenvalue weighted by Crippen LogP contribution is 2.53. The predicted molar refractivity (Wildman–Crippen MR) is 75.1 cm³/mol. The van der Waals surface area contributed by atoms with Crippen molar-refractivity contribution in [2.45, 2.75) is 36.8 Å². The van der Waals surface area contributed by atoms with Gasteiger partial charge in [0.25, 0.3) is 0 Å². The summed E-state index contributed by atoms with van der Waals surface area (Å²) in [5.41, 5.74) is 2.51. The zero-order valence-corrected chi connectivity index (χ0v) is 12.1. The number of benzene rings is 1. The maximum atomic E-state index is 6.13. The van der Waals surface area contributed by atoms with Crippen LogP contribution in [-0.4, -0.2) is 38.7 Å². The van der Waals surface area contributed by atoms with Crippen LogP contribution in [0.1, 0.15) is 24.5 Å². The minimum atomic E-state index is -0.192. The lowest BCUT2D eigenvalue weighted by Gasteiger charge is -2.61. The van der Waals surface area contributed by atoms with Crippen LogP contribution in [0.4, 0.5) is 0 Å². The molecule has 0 aromatic heterocycles. The van der Waals surface area contributed by atoms with Gasteiger partial charge in [-0.15, -0.1) is 0 Å². The van der Waals surface area contributed by atoms with Gasteiger partial charge in [0.05, 0.1) is 24.7 Å². The summed E-state index contributed by atoms with van der Waals surface area (Å²) in [7, 11) is 1.72. The van der Waals surface area contributed by atoms with Gasteiger partial charge < -0.3 is 19.5 Å². The monoisotopic (exact) mass is 275 g/mol. The van der Waals surface area contributed by atoms with E-state index in [1.54, 1.807) is 7.11 Å². The van der Waals surface area contributed by atoms with Gasteiger partial charge in [0.15, 0.2) is 0 Å². The fourth-order valence-corrected chi connectivity index (χ4v) is 4.34. The number of fused-ring (bicyclic) bond motifs is 1. The summed E-state index contributed by atoms with van der Waals surface area (Å²) in [5, 5.41) is 3.64. The van der Waals surface area contributed by atoms with Gasteiger partial charge in [0, 0.05) is 6.04 Å². The molecule has 4 rings (SSSR count). The summed E-state index contributed by atoms with van der Waals surface area (Å²) >= 11 is 0. The molecule has 108 valence electrons. The first-order valence-electron chi connectivity index (χ1n) is 7.32. The van der Waals surface area contributed by atoms with Gasteiger partial charge in [-0.05, 0) is 49.6 Å². The summed E-state index contributed by atoms with van der Waals surface area (Å²) in [6.45, 7) is 4.40. The first kappa shape index (κ1) is 12.6. The molecule has 20 heavy (non-hydrogen) atoms. The standard InChI is InChI=1S/C16H21NO3/c1-15-14-7-11-3-4-12(18-2)8-13(11)16(15,5-6-17-14)9-19-10-20-15/h3-4,8,14,17H,5-7,9-10H2,1-2H3/t14-,15+,16-/m1/s1. The van der Waals surface area contributed by atoms with E-state index >= 15 is 0 Å². The van der Waals surface area contributed by atoms with Crippen LogP contribution in [0.3, 0.4) is 0 Å². The van der Waals surface area contributed by atoms with Gasteiger partial charge in [-0.2, -0.15) is 0 Å². The molecule has 0 spiro atoms. The van der Waals surface area contributed by atoms with E-state index in [1.807, 2.05) is 0 Å². The van der Waals surface area contributed by atoms with E-state index in [-0.39, 0.29) is 11.0 Å². The first-order chi connectivity index (χ1) is 9.69. The average Bonchev–Trinajstić information content (AvgIpc) is 2.46. The summed E-state index contributed by atoms with van der Waals surface area (Å²) in [6.07, 6.45) is 2.05. The van der Waals surface area contributed by atoms with Crippen LogP contribution in [0.2, 0.25) is 0 Å². The van der Waals surface area contributed by atoms with Crippen molar-refractivity contribution in [3.63, 3.8) is 0 Å². The number of hydrogen-bond acceptors (Lipinski definition) is 4. The molecule has 4 nitrogen and oxygen atoms in total. The Morgan fingerprint density at radius 2 is 2.30 bits per heavy atom. The van der Waals surface area contributed by atoms with E-state index in [4.69, 9.17) is 14.2 Å². The summed E-state index contributed by atoms with van der Waals surface area (Å²) in [5.74, 6) is 0.919. The second-order valence-corrected chi connectivity index (χ2v) is 6.28. The number of methoxy groups -OCH3 is 1. The number of rotatable bonds is 1. The molecular formula is C16H21NO3. The van der Waals surface area contributed by atoms with Crippen molar-refractivity contribution in [1.82, 2.24) is 5.32 Å². The fourth-order valence-electron chi connectivity index (χ4n) is 4.34. The van der Waals surface area contributed by atoms with Crippen molar-refractivity contribution >= 4 is 0 Å². The molecule has 4 heteroatoms. The quantitative estimate of drug-likeness (QED) is 0.845. The zero-order valence-electron chi connectivity index (χ0n) is 12.1. The Morgan fingerprint density at radius 3 is 3.15 bits per heavy atom. The van der Waals surface area contributed by atoms with Crippen LogP contribution in [0, 0.1) is 0 Å². The molecule has 2 saturated heterocycles. The molecule has 3 atom stereocenters. The second kappa shape index (κ2) is 4.20. The van der Waals surface area contributed by atoms with E-state index < -0.39 is 0 Å². The summed E-state index contributed by atoms with van der Waals surface area (Å²) in [4.78, 5) is 0. The molecule has 1 aromatic carbocycles. The maximum Gasteiger partial charge on any atom is 0.147 e. The Kier molecular flexibility index (Phi) is 2.65. The number of ether oxygens (including phenoxy) is 3. The lowest BCUT2D eigenvalue weighted by molar-refractivity contribution is -0.256. The Hall–Kier alpha value is -1.10. The molecule has 0 saturated carbocycles. The lowest BCUT2D eigenvalue weighted by atomic mass is 9.55. The topological polar surface area (TPSA) is 39.7 Å². The van der Waals surface area contributed by atoms with Crippen molar-refractivity contribution in [2.24, 2.45) is 0 Å². The Balaban J connectivity index is 1.93. The molecular weight excluding hydrogens is 254 g/mol. The largest absolute Gasteiger partial charge is 0.497 e. The van der Waals surface area contributed by atoms with Crippen molar-refractivity contribution < 1.29 is 14.2 Å². The number of piperidine rings is 1. The summed E-state index contributed by atoms with van der Waals surface area (Å²) < 4.78 is 17.3.